The molecule has 140 valence electrons. The van der Waals surface area contributed by atoms with Crippen LogP contribution in [0, 0.1) is 0 Å². The van der Waals surface area contributed by atoms with Gasteiger partial charge in [0, 0.05) is 13.1 Å². The van der Waals surface area contributed by atoms with E-state index < -0.39 is 18.0 Å². The predicted molar refractivity (Wildman–Crippen MR) is 83.8 cm³/mol. The fourth-order valence-corrected chi connectivity index (χ4v) is 3.33. The van der Waals surface area contributed by atoms with Crippen molar-refractivity contribution >= 4 is 17.9 Å². The molecule has 3 aliphatic heterocycles. The highest BCUT2D eigenvalue weighted by atomic mass is 16.7. The van der Waals surface area contributed by atoms with Crippen LogP contribution in [0.25, 0.3) is 0 Å². The summed E-state index contributed by atoms with van der Waals surface area (Å²) in [6.45, 7) is 3.59. The maximum Gasteiger partial charge on any atom is 0.345 e. The number of fused-ring (bicyclic) bond motifs is 2. The van der Waals surface area contributed by atoms with Crippen LogP contribution in [0.3, 0.4) is 0 Å². The number of piperidine rings is 1. The van der Waals surface area contributed by atoms with E-state index in [2.05, 4.69) is 10.8 Å². The number of esters is 1. The van der Waals surface area contributed by atoms with Crippen LogP contribution in [0.15, 0.2) is 0 Å². The number of amides is 3. The van der Waals surface area contributed by atoms with Crippen molar-refractivity contribution in [3.63, 3.8) is 0 Å². The van der Waals surface area contributed by atoms with Crippen LogP contribution in [0.4, 0.5) is 4.79 Å². The monoisotopic (exact) mass is 356 g/mol. The summed E-state index contributed by atoms with van der Waals surface area (Å²) in [5.74, 6) is -0.856. The number of hydrogen-bond acceptors (Lipinski definition) is 7. The molecule has 3 heterocycles. The van der Waals surface area contributed by atoms with Crippen LogP contribution in [-0.2, 0) is 24.0 Å². The molecule has 0 aromatic rings. The van der Waals surface area contributed by atoms with Gasteiger partial charge in [-0.15, -0.1) is 0 Å². The van der Waals surface area contributed by atoms with Crippen molar-refractivity contribution in [2.75, 3.05) is 32.8 Å². The third-order valence-corrected chi connectivity index (χ3v) is 4.59. The zero-order valence-corrected chi connectivity index (χ0v) is 14.2. The largest absolute Gasteiger partial charge is 0.464 e. The van der Waals surface area contributed by atoms with Gasteiger partial charge >= 0.3 is 12.0 Å². The summed E-state index contributed by atoms with van der Waals surface area (Å²) in [6.07, 6.45) is 1.94. The number of ether oxygens (including phenoxy) is 1. The van der Waals surface area contributed by atoms with E-state index in [1.165, 1.54) is 9.96 Å². The minimum absolute atomic E-state index is 0.0426. The lowest BCUT2D eigenvalue weighted by molar-refractivity contribution is -0.172. The molecule has 0 aromatic heterocycles. The summed E-state index contributed by atoms with van der Waals surface area (Å²) >= 11 is 0. The molecule has 25 heavy (non-hydrogen) atoms. The molecule has 0 saturated carbocycles. The van der Waals surface area contributed by atoms with Gasteiger partial charge in [0.15, 0.2) is 6.61 Å². The fraction of sp³-hybridized carbons (Fsp3) is 0.800. The number of hydroxylamine groups is 3. The van der Waals surface area contributed by atoms with Crippen molar-refractivity contribution in [1.82, 2.24) is 20.8 Å². The molecule has 0 aromatic carbocycles. The number of nitrogens with zero attached hydrogens (tertiary/aromatic N) is 2. The zero-order chi connectivity index (χ0) is 17.8. The van der Waals surface area contributed by atoms with E-state index in [0.29, 0.717) is 25.9 Å². The van der Waals surface area contributed by atoms with Crippen molar-refractivity contribution in [2.45, 2.75) is 44.4 Å². The molecule has 10 nitrogen and oxygen atoms in total. The Balaban J connectivity index is 1.51. The Bertz CT molecular complexity index is 524. The SMILES string of the molecule is CCOC(=O)CON1C(=O)N2C[C@H]1CC[C@@H]2C(=O)NO[C@@H]1CCNC1. The van der Waals surface area contributed by atoms with Gasteiger partial charge in [-0.1, -0.05) is 0 Å². The minimum Gasteiger partial charge on any atom is -0.464 e. The van der Waals surface area contributed by atoms with Crippen LogP contribution < -0.4 is 10.8 Å². The van der Waals surface area contributed by atoms with E-state index in [1.54, 1.807) is 6.92 Å². The van der Waals surface area contributed by atoms with Crippen LogP contribution in [0.5, 0.6) is 0 Å². The highest BCUT2D eigenvalue weighted by Crippen LogP contribution is 2.30. The van der Waals surface area contributed by atoms with E-state index in [1.807, 2.05) is 0 Å². The summed E-state index contributed by atoms with van der Waals surface area (Å²) in [5, 5.41) is 4.33. The summed E-state index contributed by atoms with van der Waals surface area (Å²) < 4.78 is 4.79. The minimum atomic E-state index is -0.589. The van der Waals surface area contributed by atoms with Gasteiger partial charge in [0.2, 0.25) is 0 Å². The highest BCUT2D eigenvalue weighted by molar-refractivity contribution is 5.88. The molecule has 3 rings (SSSR count). The molecule has 2 bridgehead atoms. The Kier molecular flexibility index (Phi) is 5.71. The highest BCUT2D eigenvalue weighted by Gasteiger charge is 2.48. The average molecular weight is 356 g/mol. The summed E-state index contributed by atoms with van der Waals surface area (Å²) in [6, 6.07) is -1.16. The Labute approximate surface area is 145 Å². The summed E-state index contributed by atoms with van der Waals surface area (Å²) in [4.78, 5) is 48.4. The molecule has 3 aliphatic rings. The molecule has 3 saturated heterocycles. The Hall–Kier alpha value is -1.91. The first-order valence-corrected chi connectivity index (χ1v) is 8.64. The van der Waals surface area contributed by atoms with Gasteiger partial charge < -0.3 is 15.0 Å². The van der Waals surface area contributed by atoms with Gasteiger partial charge in [0.25, 0.3) is 5.91 Å². The molecule has 3 atom stereocenters. The Morgan fingerprint density at radius 2 is 2.16 bits per heavy atom. The number of urea groups is 1. The summed E-state index contributed by atoms with van der Waals surface area (Å²) in [7, 11) is 0. The fourth-order valence-electron chi connectivity index (χ4n) is 3.33. The van der Waals surface area contributed by atoms with Gasteiger partial charge in [-0.2, -0.15) is 5.06 Å². The topological polar surface area (TPSA) is 109 Å². The normalized spacial score (nSPS) is 28.4. The molecule has 2 N–H and O–H groups in total. The van der Waals surface area contributed by atoms with E-state index in [-0.39, 0.29) is 31.3 Å². The van der Waals surface area contributed by atoms with Gasteiger partial charge in [0.05, 0.1) is 18.8 Å². The molecule has 0 aliphatic carbocycles. The zero-order valence-electron chi connectivity index (χ0n) is 14.2. The first kappa shape index (κ1) is 17.9. The van der Waals surface area contributed by atoms with Gasteiger partial charge in [0.1, 0.15) is 6.04 Å². The van der Waals surface area contributed by atoms with Crippen LogP contribution in [0.1, 0.15) is 26.2 Å². The van der Waals surface area contributed by atoms with Crippen LogP contribution in [-0.4, -0.2) is 78.9 Å². The molecular weight excluding hydrogens is 332 g/mol. The Morgan fingerprint density at radius 3 is 2.88 bits per heavy atom. The average Bonchev–Trinajstić information content (AvgIpc) is 3.20. The van der Waals surface area contributed by atoms with E-state index in [0.717, 1.165) is 13.0 Å². The second kappa shape index (κ2) is 7.98. The number of carbonyl (C=O) groups is 3. The lowest BCUT2D eigenvalue weighted by Crippen LogP contribution is -2.50. The van der Waals surface area contributed by atoms with Crippen molar-refractivity contribution in [1.29, 1.82) is 0 Å². The first-order valence-electron chi connectivity index (χ1n) is 8.64. The number of rotatable bonds is 7. The van der Waals surface area contributed by atoms with E-state index in [9.17, 15) is 14.4 Å². The molecule has 0 radical (unpaired) electrons. The smallest absolute Gasteiger partial charge is 0.345 e. The number of hydrogen-bond donors (Lipinski definition) is 2. The van der Waals surface area contributed by atoms with Gasteiger partial charge in [-0.25, -0.2) is 15.1 Å². The lowest BCUT2D eigenvalue weighted by Gasteiger charge is -2.29. The number of carbonyl (C=O) groups excluding carboxylic acids is 3. The quantitative estimate of drug-likeness (QED) is 0.452. The molecular formula is C15H24N4O6. The lowest BCUT2D eigenvalue weighted by atomic mass is 10.0. The maximum atomic E-state index is 12.5. The first-order chi connectivity index (χ1) is 12.1. The Morgan fingerprint density at radius 1 is 1.32 bits per heavy atom. The third kappa shape index (κ3) is 4.02. The third-order valence-electron chi connectivity index (χ3n) is 4.59. The molecule has 3 amide bonds. The van der Waals surface area contributed by atoms with Gasteiger partial charge in [-0.05, 0) is 32.7 Å². The predicted octanol–water partition coefficient (Wildman–Crippen LogP) is -0.841. The summed E-state index contributed by atoms with van der Waals surface area (Å²) in [5.41, 5.74) is 2.47. The molecule has 3 fully saturated rings. The van der Waals surface area contributed by atoms with E-state index in [4.69, 9.17) is 14.4 Å². The second-order valence-electron chi connectivity index (χ2n) is 6.29. The van der Waals surface area contributed by atoms with Crippen molar-refractivity contribution in [3.8, 4) is 0 Å². The van der Waals surface area contributed by atoms with Crippen molar-refractivity contribution in [3.05, 3.63) is 0 Å². The van der Waals surface area contributed by atoms with Crippen LogP contribution in [0.2, 0.25) is 0 Å². The molecule has 10 heteroatoms. The van der Waals surface area contributed by atoms with E-state index >= 15 is 0 Å². The molecule has 0 spiro atoms. The standard InChI is InChI=1S/C15H24N4O6/c1-2-23-13(20)9-24-19-10-3-4-12(18(8-10)15(19)22)14(21)17-25-11-5-6-16-7-11/h10-12,16H,2-9H2,1H3,(H,17,21)/t10-,11-,12-/m1/s1. The maximum absolute atomic E-state index is 12.5. The molecule has 0 unspecified atom stereocenters. The van der Waals surface area contributed by atoms with Gasteiger partial charge in [-0.3, -0.25) is 14.5 Å². The van der Waals surface area contributed by atoms with Crippen LogP contribution >= 0.6 is 0 Å². The second-order valence-corrected chi connectivity index (χ2v) is 6.29. The van der Waals surface area contributed by atoms with Crippen molar-refractivity contribution < 1.29 is 28.8 Å². The number of nitrogens with one attached hydrogen (secondary N) is 2. The van der Waals surface area contributed by atoms with Crippen molar-refractivity contribution in [2.24, 2.45) is 0 Å².